The molecule has 1 aromatic heterocycles. The van der Waals surface area contributed by atoms with Crippen LogP contribution in [0.4, 0.5) is 0 Å². The zero-order valence-corrected chi connectivity index (χ0v) is 13.4. The number of nitrogens with zero attached hydrogens (tertiary/aromatic N) is 2. The first kappa shape index (κ1) is 15.3. The second-order valence-electron chi connectivity index (χ2n) is 4.95. The molecule has 1 aromatic carbocycles. The first-order valence-corrected chi connectivity index (χ1v) is 7.23. The number of hydrogen-bond acceptors (Lipinski definition) is 2. The van der Waals surface area contributed by atoms with Crippen molar-refractivity contribution in [2.24, 2.45) is 5.10 Å². The summed E-state index contributed by atoms with van der Waals surface area (Å²) in [4.78, 5) is 3.25. The Morgan fingerprint density at radius 1 is 1.33 bits per heavy atom. The molecule has 0 radical (unpaired) electrons. The number of hydrazone groups is 1. The first-order valence-electron chi connectivity index (χ1n) is 6.82. The Morgan fingerprint density at radius 2 is 2.05 bits per heavy atom. The molecule has 0 aliphatic heterocycles. The van der Waals surface area contributed by atoms with E-state index in [0.29, 0.717) is 11.7 Å². The van der Waals surface area contributed by atoms with Crippen LogP contribution in [0.2, 0.25) is 0 Å². The Hall–Kier alpha value is -2.14. The monoisotopic (exact) mass is 300 g/mol. The van der Waals surface area contributed by atoms with Crippen LogP contribution in [0.15, 0.2) is 41.5 Å². The summed E-state index contributed by atoms with van der Waals surface area (Å²) in [6, 6.07) is 12.2. The van der Waals surface area contributed by atoms with E-state index in [1.54, 1.807) is 5.01 Å². The predicted octanol–water partition coefficient (Wildman–Crippen LogP) is 2.97. The highest BCUT2D eigenvalue weighted by molar-refractivity contribution is 7.80. The lowest BCUT2D eigenvalue weighted by Crippen LogP contribution is -2.33. The summed E-state index contributed by atoms with van der Waals surface area (Å²) in [6.45, 7) is 4.75. The lowest BCUT2D eigenvalue weighted by Gasteiger charge is -2.15. The van der Waals surface area contributed by atoms with Crippen LogP contribution in [0.5, 0.6) is 0 Å². The predicted molar refractivity (Wildman–Crippen MR) is 91.5 cm³/mol. The first-order chi connectivity index (χ1) is 10.1. The highest BCUT2D eigenvalue weighted by Gasteiger charge is 2.03. The van der Waals surface area contributed by atoms with Crippen LogP contribution in [-0.4, -0.2) is 28.4 Å². The summed E-state index contributed by atoms with van der Waals surface area (Å²) in [6.07, 6.45) is 1.81. The van der Waals surface area contributed by atoms with Gasteiger partial charge in [0, 0.05) is 30.5 Å². The average Bonchev–Trinajstić information content (AvgIpc) is 2.81. The van der Waals surface area contributed by atoms with Gasteiger partial charge in [-0.25, -0.2) is 5.01 Å². The zero-order valence-electron chi connectivity index (χ0n) is 12.6. The molecule has 21 heavy (non-hydrogen) atoms. The van der Waals surface area contributed by atoms with Gasteiger partial charge in [0.2, 0.25) is 0 Å². The maximum absolute atomic E-state index is 5.32. The lowest BCUT2D eigenvalue weighted by molar-refractivity contribution is 0.532. The van der Waals surface area contributed by atoms with Crippen molar-refractivity contribution >= 4 is 23.5 Å². The second-order valence-corrected chi connectivity index (χ2v) is 5.33. The molecule has 4 nitrogen and oxygen atoms in total. The standard InChI is InChI=1S/C16H20N4S/c1-12-9-15(13(2)19-12)11-18-20(3)16(21)17-10-14-7-5-4-6-8-14/h4-9,11,19H,10H2,1-3H3,(H,17,21)/b18-11+. The molecule has 0 spiro atoms. The molecule has 2 aromatic rings. The molecule has 0 bridgehead atoms. The molecule has 2 rings (SSSR count). The molecule has 0 aliphatic carbocycles. The summed E-state index contributed by atoms with van der Waals surface area (Å²) in [7, 11) is 1.84. The van der Waals surface area contributed by atoms with E-state index in [4.69, 9.17) is 12.2 Å². The smallest absolute Gasteiger partial charge is 0.189 e. The summed E-state index contributed by atoms with van der Waals surface area (Å²) in [5.74, 6) is 0. The Bertz CT molecular complexity index is 631. The van der Waals surface area contributed by atoms with E-state index in [1.165, 1.54) is 5.56 Å². The summed E-state index contributed by atoms with van der Waals surface area (Å²) in [5.41, 5.74) is 4.49. The van der Waals surface area contributed by atoms with Gasteiger partial charge in [-0.15, -0.1) is 0 Å². The van der Waals surface area contributed by atoms with Crippen LogP contribution in [0.25, 0.3) is 0 Å². The molecule has 0 aliphatic rings. The maximum Gasteiger partial charge on any atom is 0.189 e. The minimum absolute atomic E-state index is 0.597. The van der Waals surface area contributed by atoms with E-state index >= 15 is 0 Å². The molecule has 2 N–H and O–H groups in total. The number of hydrogen-bond donors (Lipinski definition) is 2. The van der Waals surface area contributed by atoms with Gasteiger partial charge in [0.25, 0.3) is 0 Å². The van der Waals surface area contributed by atoms with Gasteiger partial charge < -0.3 is 10.3 Å². The van der Waals surface area contributed by atoms with Crippen LogP contribution in [0, 0.1) is 13.8 Å². The van der Waals surface area contributed by atoms with Crippen molar-refractivity contribution in [1.82, 2.24) is 15.3 Å². The number of H-pyrrole nitrogens is 1. The summed E-state index contributed by atoms with van der Waals surface area (Å²) >= 11 is 5.32. The van der Waals surface area contributed by atoms with Crippen molar-refractivity contribution in [1.29, 1.82) is 0 Å². The van der Waals surface area contributed by atoms with Crippen LogP contribution >= 0.6 is 12.2 Å². The van der Waals surface area contributed by atoms with Crippen molar-refractivity contribution in [3.63, 3.8) is 0 Å². The highest BCUT2D eigenvalue weighted by Crippen LogP contribution is 2.06. The van der Waals surface area contributed by atoms with Gasteiger partial charge in [-0.3, -0.25) is 0 Å². The number of aryl methyl sites for hydroxylation is 2. The summed E-state index contributed by atoms with van der Waals surface area (Å²) in [5, 5.41) is 9.82. The van der Waals surface area contributed by atoms with Crippen LogP contribution in [0.1, 0.15) is 22.5 Å². The number of benzene rings is 1. The fourth-order valence-electron chi connectivity index (χ4n) is 1.97. The molecule has 1 heterocycles. The summed E-state index contributed by atoms with van der Waals surface area (Å²) < 4.78 is 0. The molecular weight excluding hydrogens is 280 g/mol. The van der Waals surface area contributed by atoms with Crippen molar-refractivity contribution in [2.45, 2.75) is 20.4 Å². The number of aromatic nitrogens is 1. The van der Waals surface area contributed by atoms with E-state index in [1.807, 2.05) is 45.3 Å². The number of aromatic amines is 1. The molecule has 0 saturated carbocycles. The van der Waals surface area contributed by atoms with Crippen molar-refractivity contribution < 1.29 is 0 Å². The molecule has 0 unspecified atom stereocenters. The number of rotatable bonds is 4. The van der Waals surface area contributed by atoms with E-state index < -0.39 is 0 Å². The number of nitrogens with one attached hydrogen (secondary N) is 2. The third-order valence-electron chi connectivity index (χ3n) is 3.14. The van der Waals surface area contributed by atoms with Gasteiger partial charge in [-0.2, -0.15) is 5.10 Å². The van der Waals surface area contributed by atoms with E-state index in [-0.39, 0.29) is 0 Å². The van der Waals surface area contributed by atoms with Gasteiger partial charge in [-0.05, 0) is 37.7 Å². The van der Waals surface area contributed by atoms with Gasteiger partial charge in [0.15, 0.2) is 5.11 Å². The molecule has 0 amide bonds. The Kier molecular flexibility index (Phi) is 5.11. The molecule has 0 atom stereocenters. The van der Waals surface area contributed by atoms with Crippen LogP contribution in [0.3, 0.4) is 0 Å². The number of thiocarbonyl (C=S) groups is 1. The minimum atomic E-state index is 0.597. The third kappa shape index (κ3) is 4.43. The third-order valence-corrected chi connectivity index (χ3v) is 3.55. The topological polar surface area (TPSA) is 43.4 Å². The highest BCUT2D eigenvalue weighted by atomic mass is 32.1. The zero-order chi connectivity index (χ0) is 15.2. The SMILES string of the molecule is Cc1cc(/C=N/N(C)C(=S)NCc2ccccc2)c(C)[nH]1. The van der Waals surface area contributed by atoms with E-state index in [2.05, 4.69) is 33.6 Å². The molecule has 5 heteroatoms. The minimum Gasteiger partial charge on any atom is -0.362 e. The Labute approximate surface area is 130 Å². The maximum atomic E-state index is 5.32. The van der Waals surface area contributed by atoms with Crippen LogP contribution < -0.4 is 5.32 Å². The van der Waals surface area contributed by atoms with Crippen molar-refractivity contribution in [2.75, 3.05) is 7.05 Å². The van der Waals surface area contributed by atoms with Gasteiger partial charge in [0.05, 0.1) is 6.21 Å². The van der Waals surface area contributed by atoms with Gasteiger partial charge >= 0.3 is 0 Å². The molecular formula is C16H20N4S. The Balaban J connectivity index is 1.89. The molecule has 0 fully saturated rings. The van der Waals surface area contributed by atoms with Crippen LogP contribution in [-0.2, 0) is 6.54 Å². The molecule has 0 saturated heterocycles. The van der Waals surface area contributed by atoms with E-state index in [0.717, 1.165) is 17.0 Å². The second kappa shape index (κ2) is 7.04. The van der Waals surface area contributed by atoms with E-state index in [9.17, 15) is 0 Å². The van der Waals surface area contributed by atoms with Gasteiger partial charge in [-0.1, -0.05) is 30.3 Å². The fourth-order valence-corrected chi connectivity index (χ4v) is 2.09. The van der Waals surface area contributed by atoms with Crippen molar-refractivity contribution in [3.8, 4) is 0 Å². The average molecular weight is 300 g/mol. The van der Waals surface area contributed by atoms with Crippen molar-refractivity contribution in [3.05, 3.63) is 58.9 Å². The fraction of sp³-hybridized carbons (Fsp3) is 0.250. The Morgan fingerprint density at radius 3 is 2.67 bits per heavy atom. The lowest BCUT2D eigenvalue weighted by atomic mass is 10.2. The molecule has 110 valence electrons. The van der Waals surface area contributed by atoms with Gasteiger partial charge in [0.1, 0.15) is 0 Å². The quantitative estimate of drug-likeness (QED) is 0.518. The normalized spacial score (nSPS) is 10.8. The largest absolute Gasteiger partial charge is 0.362 e.